The summed E-state index contributed by atoms with van der Waals surface area (Å²) in [6.07, 6.45) is 5.23. The van der Waals surface area contributed by atoms with E-state index in [2.05, 4.69) is 50.9 Å². The van der Waals surface area contributed by atoms with Crippen molar-refractivity contribution in [1.82, 2.24) is 9.97 Å². The van der Waals surface area contributed by atoms with Gasteiger partial charge in [0.15, 0.2) is 0 Å². The zero-order valence-corrected chi connectivity index (χ0v) is 13.2. The van der Waals surface area contributed by atoms with E-state index in [1.165, 1.54) is 42.6 Å². The largest absolute Gasteiger partial charge is 0.342 e. The predicted molar refractivity (Wildman–Crippen MR) is 85.0 cm³/mol. The number of fused-ring (bicyclic) bond motifs is 1. The molecule has 20 heavy (non-hydrogen) atoms. The van der Waals surface area contributed by atoms with E-state index in [4.69, 9.17) is 4.98 Å². The minimum Gasteiger partial charge on any atom is -0.342 e. The second kappa shape index (κ2) is 4.91. The third-order valence-electron chi connectivity index (χ3n) is 4.99. The second-order valence-electron chi connectivity index (χ2n) is 7.56. The lowest BCUT2D eigenvalue weighted by Crippen LogP contribution is -2.25. The molecule has 1 N–H and O–H groups in total. The summed E-state index contributed by atoms with van der Waals surface area (Å²) in [7, 11) is 0. The van der Waals surface area contributed by atoms with Crippen molar-refractivity contribution in [3.8, 4) is 0 Å². The van der Waals surface area contributed by atoms with Crippen molar-refractivity contribution in [2.45, 2.75) is 59.3 Å². The number of nitrogens with zero attached hydrogens (tertiary/aromatic N) is 1. The normalized spacial score (nSPS) is 24.2. The molecule has 0 unspecified atom stereocenters. The van der Waals surface area contributed by atoms with Crippen LogP contribution in [0.3, 0.4) is 0 Å². The Morgan fingerprint density at radius 1 is 1.10 bits per heavy atom. The van der Waals surface area contributed by atoms with Crippen LogP contribution in [0.5, 0.6) is 0 Å². The van der Waals surface area contributed by atoms with E-state index < -0.39 is 0 Å². The highest BCUT2D eigenvalue weighted by atomic mass is 14.9. The zero-order valence-electron chi connectivity index (χ0n) is 13.2. The third kappa shape index (κ3) is 2.61. The van der Waals surface area contributed by atoms with Gasteiger partial charge in [-0.05, 0) is 61.6 Å². The summed E-state index contributed by atoms with van der Waals surface area (Å²) in [4.78, 5) is 8.36. The molecule has 1 fully saturated rings. The number of hydrogen-bond acceptors (Lipinski definition) is 1. The summed E-state index contributed by atoms with van der Waals surface area (Å²) in [5, 5.41) is 0. The van der Waals surface area contributed by atoms with Crippen molar-refractivity contribution in [2.75, 3.05) is 0 Å². The molecule has 1 aromatic heterocycles. The highest BCUT2D eigenvalue weighted by Gasteiger charge is 2.31. The van der Waals surface area contributed by atoms with Gasteiger partial charge in [-0.15, -0.1) is 0 Å². The first-order chi connectivity index (χ1) is 9.43. The van der Waals surface area contributed by atoms with Crippen LogP contribution in [0.1, 0.15) is 63.8 Å². The van der Waals surface area contributed by atoms with Crippen LogP contribution in [0.25, 0.3) is 11.0 Å². The van der Waals surface area contributed by atoms with Crippen molar-refractivity contribution < 1.29 is 0 Å². The highest BCUT2D eigenvalue weighted by Crippen LogP contribution is 2.42. The van der Waals surface area contributed by atoms with Gasteiger partial charge in [0.05, 0.1) is 11.0 Å². The molecule has 3 rings (SSSR count). The molecule has 108 valence electrons. The molecule has 0 aliphatic heterocycles. The first-order valence-electron chi connectivity index (χ1n) is 7.90. The predicted octanol–water partition coefficient (Wildman–Crippen LogP) is 5.19. The fourth-order valence-corrected chi connectivity index (χ4v) is 3.57. The summed E-state index contributed by atoms with van der Waals surface area (Å²) >= 11 is 0. The Kier molecular flexibility index (Phi) is 3.35. The van der Waals surface area contributed by atoms with Gasteiger partial charge in [0.25, 0.3) is 0 Å². The van der Waals surface area contributed by atoms with Crippen molar-refractivity contribution in [2.24, 2.45) is 11.3 Å². The summed E-state index contributed by atoms with van der Waals surface area (Å²) in [5.74, 6) is 2.70. The van der Waals surface area contributed by atoms with Gasteiger partial charge in [-0.25, -0.2) is 4.98 Å². The topological polar surface area (TPSA) is 28.7 Å². The van der Waals surface area contributed by atoms with Crippen LogP contribution in [-0.2, 0) is 0 Å². The molecule has 0 saturated heterocycles. The van der Waals surface area contributed by atoms with Gasteiger partial charge < -0.3 is 4.98 Å². The molecule has 1 heterocycles. The smallest absolute Gasteiger partial charge is 0.110 e. The molecule has 2 heteroatoms. The molecule has 0 amide bonds. The van der Waals surface area contributed by atoms with Crippen molar-refractivity contribution in [1.29, 1.82) is 0 Å². The lowest BCUT2D eigenvalue weighted by Gasteiger charge is -2.36. The Hall–Kier alpha value is -1.31. The molecule has 0 radical (unpaired) electrons. The van der Waals surface area contributed by atoms with Gasteiger partial charge in [0, 0.05) is 5.92 Å². The fraction of sp³-hybridized carbons (Fsp3) is 0.611. The van der Waals surface area contributed by atoms with Crippen LogP contribution in [0, 0.1) is 18.3 Å². The minimum atomic E-state index is 0.454. The molecule has 0 atom stereocenters. The molecule has 1 aromatic carbocycles. The summed E-state index contributed by atoms with van der Waals surface area (Å²) in [6.45, 7) is 9.26. The maximum absolute atomic E-state index is 4.81. The molecule has 1 aliphatic carbocycles. The first kappa shape index (κ1) is 13.7. The van der Waals surface area contributed by atoms with Crippen LogP contribution in [0.15, 0.2) is 18.2 Å². The number of H-pyrrole nitrogens is 1. The van der Waals surface area contributed by atoms with E-state index in [0.717, 1.165) is 11.4 Å². The van der Waals surface area contributed by atoms with E-state index >= 15 is 0 Å². The number of aryl methyl sites for hydroxylation is 1. The van der Waals surface area contributed by atoms with Crippen LogP contribution in [0.2, 0.25) is 0 Å². The maximum Gasteiger partial charge on any atom is 0.110 e. The number of nitrogens with one attached hydrogen (secondary N) is 1. The Labute approximate surface area is 122 Å². The first-order valence-corrected chi connectivity index (χ1v) is 7.90. The molecule has 1 saturated carbocycles. The zero-order chi connectivity index (χ0) is 14.3. The summed E-state index contributed by atoms with van der Waals surface area (Å²) < 4.78 is 0. The SMILES string of the molecule is Cc1ccc2nc(C3CCC(C(C)(C)C)CC3)[nH]c2c1. The molecular weight excluding hydrogens is 244 g/mol. The molecular formula is C18H26N2. The average Bonchev–Trinajstić information content (AvgIpc) is 2.80. The quantitative estimate of drug-likeness (QED) is 0.759. The van der Waals surface area contributed by atoms with E-state index in [1.54, 1.807) is 0 Å². The van der Waals surface area contributed by atoms with Crippen LogP contribution >= 0.6 is 0 Å². The van der Waals surface area contributed by atoms with Gasteiger partial charge in [-0.2, -0.15) is 0 Å². The van der Waals surface area contributed by atoms with E-state index in [-0.39, 0.29) is 0 Å². The molecule has 1 aliphatic rings. The molecule has 2 aromatic rings. The van der Waals surface area contributed by atoms with Crippen LogP contribution in [0.4, 0.5) is 0 Å². The monoisotopic (exact) mass is 270 g/mol. The average molecular weight is 270 g/mol. The van der Waals surface area contributed by atoms with Crippen molar-refractivity contribution in [3.05, 3.63) is 29.6 Å². The standard InChI is InChI=1S/C18H26N2/c1-12-5-10-15-16(11-12)20-17(19-15)13-6-8-14(9-7-13)18(2,3)4/h5,10-11,13-14H,6-9H2,1-4H3,(H,19,20). The Morgan fingerprint density at radius 3 is 2.45 bits per heavy atom. The number of aromatic amines is 1. The number of hydrogen-bond donors (Lipinski definition) is 1. The second-order valence-corrected chi connectivity index (χ2v) is 7.56. The number of aromatic nitrogens is 2. The number of rotatable bonds is 1. The Bertz CT molecular complexity index is 595. The molecule has 2 nitrogen and oxygen atoms in total. The van der Waals surface area contributed by atoms with Gasteiger partial charge in [0.1, 0.15) is 5.82 Å². The Morgan fingerprint density at radius 2 is 1.80 bits per heavy atom. The van der Waals surface area contributed by atoms with E-state index in [1.807, 2.05) is 0 Å². The van der Waals surface area contributed by atoms with Gasteiger partial charge in [-0.1, -0.05) is 26.8 Å². The molecule has 0 bridgehead atoms. The van der Waals surface area contributed by atoms with E-state index in [0.29, 0.717) is 11.3 Å². The van der Waals surface area contributed by atoms with Crippen molar-refractivity contribution in [3.63, 3.8) is 0 Å². The Balaban J connectivity index is 1.76. The lowest BCUT2D eigenvalue weighted by molar-refractivity contribution is 0.167. The molecule has 0 spiro atoms. The van der Waals surface area contributed by atoms with Gasteiger partial charge in [-0.3, -0.25) is 0 Å². The number of imidazole rings is 1. The van der Waals surface area contributed by atoms with Gasteiger partial charge >= 0.3 is 0 Å². The van der Waals surface area contributed by atoms with Crippen molar-refractivity contribution >= 4 is 11.0 Å². The summed E-state index contributed by atoms with van der Waals surface area (Å²) in [6, 6.07) is 6.47. The van der Waals surface area contributed by atoms with Crippen LogP contribution in [-0.4, -0.2) is 9.97 Å². The minimum absolute atomic E-state index is 0.454. The number of benzene rings is 1. The maximum atomic E-state index is 4.81. The lowest BCUT2D eigenvalue weighted by atomic mass is 9.70. The van der Waals surface area contributed by atoms with E-state index in [9.17, 15) is 0 Å². The highest BCUT2D eigenvalue weighted by molar-refractivity contribution is 5.75. The summed E-state index contributed by atoms with van der Waals surface area (Å²) in [5.41, 5.74) is 4.06. The fourth-order valence-electron chi connectivity index (χ4n) is 3.57. The van der Waals surface area contributed by atoms with Gasteiger partial charge in [0.2, 0.25) is 0 Å². The van der Waals surface area contributed by atoms with Crippen LogP contribution < -0.4 is 0 Å². The third-order valence-corrected chi connectivity index (χ3v) is 4.99.